The van der Waals surface area contributed by atoms with E-state index in [4.69, 9.17) is 24.1 Å². The zero-order chi connectivity index (χ0) is 18.4. The maximum Gasteiger partial charge on any atom is 0.330 e. The van der Waals surface area contributed by atoms with Crippen LogP contribution in [0.1, 0.15) is 19.8 Å². The molecule has 0 aliphatic rings. The summed E-state index contributed by atoms with van der Waals surface area (Å²) in [6.07, 6.45) is 0.763. The molecule has 0 amide bonds. The van der Waals surface area contributed by atoms with E-state index in [9.17, 15) is 14.7 Å². The highest BCUT2D eigenvalue weighted by Crippen LogP contribution is 2.08. The van der Waals surface area contributed by atoms with Crippen LogP contribution >= 0.6 is 0 Å². The fourth-order valence-electron chi connectivity index (χ4n) is 1.50. The first-order valence-corrected chi connectivity index (χ1v) is 7.61. The van der Waals surface area contributed by atoms with Gasteiger partial charge >= 0.3 is 11.9 Å². The average Bonchev–Trinajstić information content (AvgIpc) is 2.60. The number of aliphatic hydroxyl groups is 2. The molecule has 138 valence electrons. The molecule has 0 saturated carbocycles. The Kier molecular flexibility index (Phi) is 12.7. The molecule has 24 heavy (non-hydrogen) atoms. The zero-order valence-electron chi connectivity index (χ0n) is 13.9. The van der Waals surface area contributed by atoms with Gasteiger partial charge in [0.2, 0.25) is 0 Å². The molecule has 3 unspecified atom stereocenters. The summed E-state index contributed by atoms with van der Waals surface area (Å²) in [6.45, 7) is 7.68. The van der Waals surface area contributed by atoms with Crippen LogP contribution in [0.5, 0.6) is 0 Å². The fraction of sp³-hybridized carbons (Fsp3) is 0.625. The Bertz CT molecular complexity index is 396. The lowest BCUT2D eigenvalue weighted by atomic mass is 10.3. The van der Waals surface area contributed by atoms with Crippen LogP contribution in [0.25, 0.3) is 0 Å². The third kappa shape index (κ3) is 10.9. The van der Waals surface area contributed by atoms with E-state index in [-0.39, 0.29) is 19.8 Å². The van der Waals surface area contributed by atoms with E-state index in [0.717, 1.165) is 18.6 Å². The first kappa shape index (κ1) is 22.3. The standard InChI is InChI=1S/C16H26O8/c1-4-7-16(22-9-12(18)8-17)23-11-13(24-15(20)6-3)10-21-14(19)5-2/h5-6,12-13,16-18H,2-4,7-11H2,1H3. The maximum atomic E-state index is 11.3. The van der Waals surface area contributed by atoms with Gasteiger partial charge < -0.3 is 29.2 Å². The van der Waals surface area contributed by atoms with E-state index in [1.807, 2.05) is 6.92 Å². The van der Waals surface area contributed by atoms with E-state index in [1.54, 1.807) is 0 Å². The molecular weight excluding hydrogens is 320 g/mol. The minimum atomic E-state index is -1.00. The Morgan fingerprint density at radius 1 is 1.08 bits per heavy atom. The lowest BCUT2D eigenvalue weighted by Crippen LogP contribution is -2.33. The highest BCUT2D eigenvalue weighted by atomic mass is 16.7. The van der Waals surface area contributed by atoms with Gasteiger partial charge in [0.25, 0.3) is 0 Å². The predicted molar refractivity (Wildman–Crippen MR) is 84.9 cm³/mol. The van der Waals surface area contributed by atoms with Crippen molar-refractivity contribution in [2.75, 3.05) is 26.4 Å². The number of rotatable bonds is 14. The first-order chi connectivity index (χ1) is 11.5. The van der Waals surface area contributed by atoms with E-state index >= 15 is 0 Å². The maximum absolute atomic E-state index is 11.3. The van der Waals surface area contributed by atoms with E-state index < -0.39 is 37.0 Å². The SMILES string of the molecule is C=CC(=O)OCC(COC(CCC)OCC(O)CO)OC(=O)C=C. The molecule has 0 aliphatic heterocycles. The predicted octanol–water partition coefficient (Wildman–Crippen LogP) is 0.326. The van der Waals surface area contributed by atoms with Gasteiger partial charge in [-0.3, -0.25) is 0 Å². The summed E-state index contributed by atoms with van der Waals surface area (Å²) >= 11 is 0. The number of hydrogen-bond acceptors (Lipinski definition) is 8. The van der Waals surface area contributed by atoms with Crippen LogP contribution < -0.4 is 0 Å². The quantitative estimate of drug-likeness (QED) is 0.263. The molecule has 0 saturated heterocycles. The van der Waals surface area contributed by atoms with E-state index in [0.29, 0.717) is 6.42 Å². The molecule has 0 radical (unpaired) electrons. The number of hydrogen-bond donors (Lipinski definition) is 2. The Morgan fingerprint density at radius 2 is 1.71 bits per heavy atom. The van der Waals surface area contributed by atoms with Crippen LogP contribution in [-0.4, -0.2) is 67.1 Å². The second-order valence-corrected chi connectivity index (χ2v) is 4.82. The molecule has 0 fully saturated rings. The Morgan fingerprint density at radius 3 is 2.25 bits per heavy atom. The van der Waals surface area contributed by atoms with Crippen molar-refractivity contribution >= 4 is 11.9 Å². The molecule has 0 spiro atoms. The molecule has 2 N–H and O–H groups in total. The van der Waals surface area contributed by atoms with Gasteiger partial charge in [-0.2, -0.15) is 0 Å². The Hall–Kier alpha value is -1.74. The van der Waals surface area contributed by atoms with Gasteiger partial charge in [-0.1, -0.05) is 26.5 Å². The summed E-state index contributed by atoms with van der Waals surface area (Å²) in [6, 6.07) is 0. The second kappa shape index (κ2) is 13.7. The number of aliphatic hydroxyl groups excluding tert-OH is 2. The van der Waals surface area contributed by atoms with E-state index in [1.165, 1.54) is 0 Å². The molecule has 0 rings (SSSR count). The molecule has 0 aromatic rings. The van der Waals surface area contributed by atoms with Crippen LogP contribution in [0.3, 0.4) is 0 Å². The molecule has 3 atom stereocenters. The average molecular weight is 346 g/mol. The zero-order valence-corrected chi connectivity index (χ0v) is 13.9. The third-order valence-electron chi connectivity index (χ3n) is 2.71. The summed E-state index contributed by atoms with van der Waals surface area (Å²) in [5.74, 6) is -1.33. The monoisotopic (exact) mass is 346 g/mol. The van der Waals surface area contributed by atoms with Gasteiger partial charge in [0, 0.05) is 12.2 Å². The van der Waals surface area contributed by atoms with Crippen molar-refractivity contribution in [2.45, 2.75) is 38.3 Å². The van der Waals surface area contributed by atoms with Crippen molar-refractivity contribution in [2.24, 2.45) is 0 Å². The Balaban J connectivity index is 4.52. The van der Waals surface area contributed by atoms with E-state index in [2.05, 4.69) is 13.2 Å². The Labute approximate surface area is 141 Å². The smallest absolute Gasteiger partial charge is 0.330 e. The molecular formula is C16H26O8. The highest BCUT2D eigenvalue weighted by molar-refractivity contribution is 5.82. The van der Waals surface area contributed by atoms with Gasteiger partial charge in [0.05, 0.1) is 19.8 Å². The van der Waals surface area contributed by atoms with Gasteiger partial charge in [-0.05, 0) is 6.42 Å². The molecule has 0 bridgehead atoms. The van der Waals surface area contributed by atoms with Crippen LogP contribution in [0.2, 0.25) is 0 Å². The van der Waals surface area contributed by atoms with Crippen LogP contribution in [0, 0.1) is 0 Å². The number of esters is 2. The number of carbonyl (C=O) groups is 2. The van der Waals surface area contributed by atoms with Gasteiger partial charge in [0.1, 0.15) is 12.7 Å². The minimum absolute atomic E-state index is 0.0795. The topological polar surface area (TPSA) is 112 Å². The van der Waals surface area contributed by atoms with Gasteiger partial charge in [0.15, 0.2) is 12.4 Å². The normalized spacial score (nSPS) is 14.3. The van der Waals surface area contributed by atoms with Crippen molar-refractivity contribution in [3.63, 3.8) is 0 Å². The summed E-state index contributed by atoms with van der Waals surface area (Å²) in [5.41, 5.74) is 0. The van der Waals surface area contributed by atoms with Crippen LogP contribution in [0.15, 0.2) is 25.3 Å². The minimum Gasteiger partial charge on any atom is -0.458 e. The lowest BCUT2D eigenvalue weighted by Gasteiger charge is -2.23. The van der Waals surface area contributed by atoms with Crippen molar-refractivity contribution < 1.29 is 38.7 Å². The molecule has 8 heteroatoms. The first-order valence-electron chi connectivity index (χ1n) is 7.61. The summed E-state index contributed by atoms with van der Waals surface area (Å²) in [7, 11) is 0. The molecule has 0 aliphatic carbocycles. The van der Waals surface area contributed by atoms with Gasteiger partial charge in [-0.25, -0.2) is 9.59 Å². The van der Waals surface area contributed by atoms with Crippen molar-refractivity contribution in [3.8, 4) is 0 Å². The van der Waals surface area contributed by atoms with Crippen molar-refractivity contribution in [1.82, 2.24) is 0 Å². The van der Waals surface area contributed by atoms with Gasteiger partial charge in [-0.15, -0.1) is 0 Å². The molecule has 8 nitrogen and oxygen atoms in total. The summed E-state index contributed by atoms with van der Waals surface area (Å²) in [5, 5.41) is 18.1. The fourth-order valence-corrected chi connectivity index (χ4v) is 1.50. The molecule has 0 heterocycles. The largest absolute Gasteiger partial charge is 0.458 e. The second-order valence-electron chi connectivity index (χ2n) is 4.82. The van der Waals surface area contributed by atoms with Crippen LogP contribution in [0.4, 0.5) is 0 Å². The summed E-state index contributed by atoms with van der Waals surface area (Å²) < 4.78 is 20.7. The van der Waals surface area contributed by atoms with Crippen LogP contribution in [-0.2, 0) is 28.5 Å². The molecule has 0 aromatic carbocycles. The van der Waals surface area contributed by atoms with Crippen molar-refractivity contribution in [1.29, 1.82) is 0 Å². The third-order valence-corrected chi connectivity index (χ3v) is 2.71. The number of carbonyl (C=O) groups excluding carboxylic acids is 2. The van der Waals surface area contributed by atoms with Crippen molar-refractivity contribution in [3.05, 3.63) is 25.3 Å². The lowest BCUT2D eigenvalue weighted by molar-refractivity contribution is -0.188. The molecule has 0 aromatic heterocycles. The number of ether oxygens (including phenoxy) is 4. The highest BCUT2D eigenvalue weighted by Gasteiger charge is 2.19. The summed E-state index contributed by atoms with van der Waals surface area (Å²) in [4.78, 5) is 22.4.